The van der Waals surface area contributed by atoms with Gasteiger partial charge in [-0.2, -0.15) is 0 Å². The number of aromatic hydroxyl groups is 2. The summed E-state index contributed by atoms with van der Waals surface area (Å²) in [6, 6.07) is 4.75. The van der Waals surface area contributed by atoms with Gasteiger partial charge in [0.05, 0.1) is 0 Å². The van der Waals surface area contributed by atoms with E-state index < -0.39 is 0 Å². The fourth-order valence-electron chi connectivity index (χ4n) is 2.80. The summed E-state index contributed by atoms with van der Waals surface area (Å²) in [5.41, 5.74) is 0.827. The second-order valence-electron chi connectivity index (χ2n) is 5.91. The Morgan fingerprint density at radius 3 is 2.65 bits per heavy atom. The molecule has 1 saturated heterocycles. The molecule has 1 fully saturated rings. The minimum atomic E-state index is 0.102. The molecule has 1 aromatic carbocycles. The molecule has 0 aromatic heterocycles. The highest BCUT2D eigenvalue weighted by atomic mass is 16.3. The molecule has 0 bridgehead atoms. The van der Waals surface area contributed by atoms with Gasteiger partial charge in [-0.25, -0.2) is 0 Å². The van der Waals surface area contributed by atoms with Crippen LogP contribution in [-0.2, 0) is 6.54 Å². The largest absolute Gasteiger partial charge is 0.508 e. The average molecular weight is 278 g/mol. The predicted octanol–water partition coefficient (Wildman–Crippen LogP) is 2.31. The minimum absolute atomic E-state index is 0.102. The summed E-state index contributed by atoms with van der Waals surface area (Å²) >= 11 is 0. The van der Waals surface area contributed by atoms with Crippen molar-refractivity contribution in [1.82, 2.24) is 10.2 Å². The van der Waals surface area contributed by atoms with E-state index in [9.17, 15) is 10.2 Å². The van der Waals surface area contributed by atoms with E-state index in [0.29, 0.717) is 12.5 Å². The first-order valence-electron chi connectivity index (χ1n) is 7.59. The Bertz CT molecular complexity index is 417. The summed E-state index contributed by atoms with van der Waals surface area (Å²) in [7, 11) is 0. The van der Waals surface area contributed by atoms with Crippen molar-refractivity contribution >= 4 is 0 Å². The van der Waals surface area contributed by atoms with Crippen LogP contribution in [0.25, 0.3) is 0 Å². The molecular weight excluding hydrogens is 252 g/mol. The highest BCUT2D eigenvalue weighted by Crippen LogP contribution is 2.22. The third-order valence-electron chi connectivity index (χ3n) is 3.90. The molecule has 0 radical (unpaired) electrons. The lowest BCUT2D eigenvalue weighted by Crippen LogP contribution is -2.36. The number of phenols is 2. The predicted molar refractivity (Wildman–Crippen MR) is 80.9 cm³/mol. The Labute approximate surface area is 121 Å². The molecule has 4 heteroatoms. The van der Waals surface area contributed by atoms with E-state index >= 15 is 0 Å². The van der Waals surface area contributed by atoms with Gasteiger partial charge in [-0.1, -0.05) is 19.4 Å². The molecule has 1 unspecified atom stereocenters. The highest BCUT2D eigenvalue weighted by molar-refractivity contribution is 5.38. The average Bonchev–Trinajstić information content (AvgIpc) is 2.42. The number of hydrogen-bond acceptors (Lipinski definition) is 4. The van der Waals surface area contributed by atoms with Crippen LogP contribution in [0.2, 0.25) is 0 Å². The van der Waals surface area contributed by atoms with Crippen LogP contribution in [0.4, 0.5) is 0 Å². The van der Waals surface area contributed by atoms with Crippen LogP contribution in [0.5, 0.6) is 11.5 Å². The lowest BCUT2D eigenvalue weighted by Gasteiger charge is -2.29. The summed E-state index contributed by atoms with van der Waals surface area (Å²) in [5, 5.41) is 22.3. The van der Waals surface area contributed by atoms with Crippen molar-refractivity contribution in [2.75, 3.05) is 26.2 Å². The van der Waals surface area contributed by atoms with Gasteiger partial charge in [0.15, 0.2) is 0 Å². The zero-order valence-corrected chi connectivity index (χ0v) is 12.3. The van der Waals surface area contributed by atoms with E-state index in [-0.39, 0.29) is 11.5 Å². The maximum Gasteiger partial charge on any atom is 0.123 e. The first-order valence-corrected chi connectivity index (χ1v) is 7.59. The van der Waals surface area contributed by atoms with Gasteiger partial charge in [0, 0.05) is 24.7 Å². The Hall–Kier alpha value is -1.26. The van der Waals surface area contributed by atoms with Gasteiger partial charge in [0.1, 0.15) is 11.5 Å². The van der Waals surface area contributed by atoms with Gasteiger partial charge in [0.2, 0.25) is 0 Å². The SMILES string of the molecule is CC(CNCc1ccc(O)cc1O)CN1CCCCC1. The van der Waals surface area contributed by atoms with E-state index in [1.54, 1.807) is 12.1 Å². The molecule has 1 heterocycles. The molecular formula is C16H26N2O2. The van der Waals surface area contributed by atoms with Crippen molar-refractivity contribution in [3.05, 3.63) is 23.8 Å². The number of hydrogen-bond donors (Lipinski definition) is 3. The van der Waals surface area contributed by atoms with Crippen LogP contribution in [0.15, 0.2) is 18.2 Å². The monoisotopic (exact) mass is 278 g/mol. The van der Waals surface area contributed by atoms with Crippen LogP contribution < -0.4 is 5.32 Å². The number of benzene rings is 1. The van der Waals surface area contributed by atoms with Crippen molar-refractivity contribution in [3.8, 4) is 11.5 Å². The molecule has 20 heavy (non-hydrogen) atoms. The standard InChI is InChI=1S/C16H26N2O2/c1-13(12-18-7-3-2-4-8-18)10-17-11-14-5-6-15(19)9-16(14)20/h5-6,9,13,17,19-20H,2-4,7-8,10-12H2,1H3. The van der Waals surface area contributed by atoms with Gasteiger partial charge in [-0.3, -0.25) is 0 Å². The van der Waals surface area contributed by atoms with Crippen molar-refractivity contribution in [3.63, 3.8) is 0 Å². The van der Waals surface area contributed by atoms with E-state index in [2.05, 4.69) is 17.1 Å². The number of rotatable bonds is 6. The van der Waals surface area contributed by atoms with Crippen molar-refractivity contribution in [1.29, 1.82) is 0 Å². The van der Waals surface area contributed by atoms with Crippen LogP contribution in [0.1, 0.15) is 31.7 Å². The first kappa shape index (κ1) is 15.1. The Balaban J connectivity index is 1.69. The maximum absolute atomic E-state index is 9.71. The summed E-state index contributed by atoms with van der Waals surface area (Å²) < 4.78 is 0. The number of nitrogens with zero attached hydrogens (tertiary/aromatic N) is 1. The van der Waals surface area contributed by atoms with Crippen molar-refractivity contribution < 1.29 is 10.2 Å². The normalized spacial score (nSPS) is 18.1. The molecule has 112 valence electrons. The fourth-order valence-corrected chi connectivity index (χ4v) is 2.80. The molecule has 3 N–H and O–H groups in total. The fraction of sp³-hybridized carbons (Fsp3) is 0.625. The molecule has 0 amide bonds. The van der Waals surface area contributed by atoms with Gasteiger partial charge >= 0.3 is 0 Å². The third kappa shape index (κ3) is 4.69. The van der Waals surface area contributed by atoms with Gasteiger partial charge in [-0.15, -0.1) is 0 Å². The Morgan fingerprint density at radius 1 is 1.20 bits per heavy atom. The Kier molecular flexibility index (Phi) is 5.68. The molecule has 0 aliphatic carbocycles. The smallest absolute Gasteiger partial charge is 0.123 e. The van der Waals surface area contributed by atoms with Crippen LogP contribution in [-0.4, -0.2) is 41.3 Å². The number of piperidine rings is 1. The summed E-state index contributed by atoms with van der Waals surface area (Å²) in [6.45, 7) is 7.46. The molecule has 0 spiro atoms. The second kappa shape index (κ2) is 7.50. The van der Waals surface area contributed by atoms with Crippen LogP contribution in [0, 0.1) is 5.92 Å². The van der Waals surface area contributed by atoms with E-state index in [1.807, 2.05) is 0 Å². The molecule has 0 saturated carbocycles. The maximum atomic E-state index is 9.71. The topological polar surface area (TPSA) is 55.7 Å². The lowest BCUT2D eigenvalue weighted by atomic mass is 10.1. The lowest BCUT2D eigenvalue weighted by molar-refractivity contribution is 0.199. The minimum Gasteiger partial charge on any atom is -0.508 e. The van der Waals surface area contributed by atoms with E-state index in [4.69, 9.17) is 0 Å². The molecule has 1 aliphatic heterocycles. The quantitative estimate of drug-likeness (QED) is 0.747. The second-order valence-corrected chi connectivity index (χ2v) is 5.91. The van der Waals surface area contributed by atoms with E-state index in [0.717, 1.165) is 18.7 Å². The first-order chi connectivity index (χ1) is 9.65. The highest BCUT2D eigenvalue weighted by Gasteiger charge is 2.13. The number of nitrogens with one attached hydrogen (secondary N) is 1. The molecule has 1 aromatic rings. The molecule has 2 rings (SSSR count). The Morgan fingerprint density at radius 2 is 1.95 bits per heavy atom. The summed E-state index contributed by atoms with van der Waals surface area (Å²) in [6.07, 6.45) is 4.05. The van der Waals surface area contributed by atoms with Crippen LogP contribution in [0.3, 0.4) is 0 Å². The molecule has 4 nitrogen and oxygen atoms in total. The zero-order chi connectivity index (χ0) is 14.4. The van der Waals surface area contributed by atoms with E-state index in [1.165, 1.54) is 38.4 Å². The number of likely N-dealkylation sites (tertiary alicyclic amines) is 1. The summed E-state index contributed by atoms with van der Waals surface area (Å²) in [4.78, 5) is 2.55. The van der Waals surface area contributed by atoms with Gasteiger partial charge in [0.25, 0.3) is 0 Å². The van der Waals surface area contributed by atoms with Crippen LogP contribution >= 0.6 is 0 Å². The van der Waals surface area contributed by atoms with Crippen molar-refractivity contribution in [2.45, 2.75) is 32.7 Å². The summed E-state index contributed by atoms with van der Waals surface area (Å²) in [5.74, 6) is 0.859. The van der Waals surface area contributed by atoms with Crippen molar-refractivity contribution in [2.24, 2.45) is 5.92 Å². The third-order valence-corrected chi connectivity index (χ3v) is 3.90. The zero-order valence-electron chi connectivity index (χ0n) is 12.3. The van der Waals surface area contributed by atoms with Gasteiger partial charge < -0.3 is 20.4 Å². The number of phenolic OH excluding ortho intramolecular Hbond substituents is 2. The van der Waals surface area contributed by atoms with Gasteiger partial charge in [-0.05, 0) is 44.5 Å². The molecule has 1 aliphatic rings. The molecule has 1 atom stereocenters.